The van der Waals surface area contributed by atoms with Gasteiger partial charge in [0.1, 0.15) is 5.60 Å². The molecule has 0 spiro atoms. The average Bonchev–Trinajstić information content (AvgIpc) is 2.84. The lowest BCUT2D eigenvalue weighted by Gasteiger charge is -2.29. The monoisotopic (exact) mass is 324 g/mol. The summed E-state index contributed by atoms with van der Waals surface area (Å²) < 4.78 is 10.7. The Hall–Kier alpha value is -1.77. The highest BCUT2D eigenvalue weighted by Crippen LogP contribution is 2.41. The average molecular weight is 324 g/mol. The van der Waals surface area contributed by atoms with Gasteiger partial charge in [0.2, 0.25) is 0 Å². The molecule has 130 valence electrons. The second-order valence-corrected chi connectivity index (χ2v) is 7.03. The van der Waals surface area contributed by atoms with E-state index in [0.717, 1.165) is 6.42 Å². The smallest absolute Gasteiger partial charge is 0.410 e. The molecule has 1 amide bonds. The highest BCUT2D eigenvalue weighted by Gasteiger charge is 2.51. The SMILES string of the molecule is CCOC(=O)[C@]1(CCC#N)C[C@@H](CC)N(C(=O)OC(C)(C)C)C1. The maximum absolute atomic E-state index is 12.5. The molecule has 6 nitrogen and oxygen atoms in total. The molecule has 0 N–H and O–H groups in total. The van der Waals surface area contributed by atoms with E-state index in [4.69, 9.17) is 14.7 Å². The van der Waals surface area contributed by atoms with Crippen LogP contribution in [0.3, 0.4) is 0 Å². The van der Waals surface area contributed by atoms with E-state index in [1.807, 2.05) is 27.7 Å². The topological polar surface area (TPSA) is 79.6 Å². The van der Waals surface area contributed by atoms with Crippen molar-refractivity contribution in [2.24, 2.45) is 5.41 Å². The molecule has 23 heavy (non-hydrogen) atoms. The van der Waals surface area contributed by atoms with E-state index in [0.29, 0.717) is 12.8 Å². The number of hydrogen-bond donors (Lipinski definition) is 0. The quantitative estimate of drug-likeness (QED) is 0.725. The minimum Gasteiger partial charge on any atom is -0.466 e. The van der Waals surface area contributed by atoms with E-state index >= 15 is 0 Å². The fourth-order valence-corrected chi connectivity index (χ4v) is 2.99. The molecule has 1 heterocycles. The zero-order chi connectivity index (χ0) is 17.7. The van der Waals surface area contributed by atoms with Crippen molar-refractivity contribution in [2.45, 2.75) is 71.9 Å². The number of likely N-dealkylation sites (tertiary alicyclic amines) is 1. The predicted molar refractivity (Wildman–Crippen MR) is 85.5 cm³/mol. The third-order valence-corrected chi connectivity index (χ3v) is 4.06. The summed E-state index contributed by atoms with van der Waals surface area (Å²) in [6, 6.07) is 2.01. The van der Waals surface area contributed by atoms with Gasteiger partial charge < -0.3 is 14.4 Å². The largest absolute Gasteiger partial charge is 0.466 e. The Bertz CT molecular complexity index is 478. The van der Waals surface area contributed by atoms with Crippen LogP contribution >= 0.6 is 0 Å². The zero-order valence-electron chi connectivity index (χ0n) is 14.8. The van der Waals surface area contributed by atoms with E-state index in [2.05, 4.69) is 6.07 Å². The van der Waals surface area contributed by atoms with Gasteiger partial charge in [-0.15, -0.1) is 0 Å². The minimum absolute atomic E-state index is 0.0760. The molecular weight excluding hydrogens is 296 g/mol. The van der Waals surface area contributed by atoms with E-state index in [9.17, 15) is 9.59 Å². The number of esters is 1. The first-order valence-corrected chi connectivity index (χ1v) is 8.23. The van der Waals surface area contributed by atoms with Crippen LogP contribution in [-0.2, 0) is 14.3 Å². The van der Waals surface area contributed by atoms with Crippen molar-refractivity contribution >= 4 is 12.1 Å². The van der Waals surface area contributed by atoms with Gasteiger partial charge in [0.05, 0.1) is 18.1 Å². The Balaban J connectivity index is 3.01. The third kappa shape index (κ3) is 4.85. The lowest BCUT2D eigenvalue weighted by Crippen LogP contribution is -2.42. The van der Waals surface area contributed by atoms with Crippen LogP contribution in [0, 0.1) is 16.7 Å². The van der Waals surface area contributed by atoms with Gasteiger partial charge in [0.25, 0.3) is 0 Å². The molecule has 0 saturated carbocycles. The summed E-state index contributed by atoms with van der Waals surface area (Å²) in [6.45, 7) is 9.72. The van der Waals surface area contributed by atoms with Crippen LogP contribution in [0.4, 0.5) is 4.79 Å². The zero-order valence-corrected chi connectivity index (χ0v) is 14.8. The summed E-state index contributed by atoms with van der Waals surface area (Å²) in [5.74, 6) is -0.320. The van der Waals surface area contributed by atoms with Gasteiger partial charge in [-0.25, -0.2) is 4.79 Å². The van der Waals surface area contributed by atoms with Crippen molar-refractivity contribution in [3.8, 4) is 6.07 Å². The van der Waals surface area contributed by atoms with Crippen molar-refractivity contribution < 1.29 is 19.1 Å². The van der Waals surface area contributed by atoms with Crippen LogP contribution in [0.2, 0.25) is 0 Å². The summed E-state index contributed by atoms with van der Waals surface area (Å²) >= 11 is 0. The molecule has 1 aliphatic rings. The normalized spacial score (nSPS) is 24.2. The van der Waals surface area contributed by atoms with Crippen LogP contribution in [-0.4, -0.2) is 41.8 Å². The van der Waals surface area contributed by atoms with Crippen LogP contribution < -0.4 is 0 Å². The molecule has 1 saturated heterocycles. The lowest BCUT2D eigenvalue weighted by molar-refractivity contribution is -0.155. The molecular formula is C17H28N2O4. The van der Waals surface area contributed by atoms with Crippen molar-refractivity contribution in [3.05, 3.63) is 0 Å². The Kier molecular flexibility index (Phi) is 6.43. The Labute approximate surface area is 138 Å². The van der Waals surface area contributed by atoms with Gasteiger partial charge in [0, 0.05) is 19.0 Å². The number of carbonyl (C=O) groups is 2. The highest BCUT2D eigenvalue weighted by atomic mass is 16.6. The standard InChI is InChI=1S/C17H28N2O4/c1-6-13-11-17(9-8-10-18,14(20)22-7-2)12-19(13)15(21)23-16(3,4)5/h13H,6-9,11-12H2,1-5H3/t13-,17-/m1/s1. The second kappa shape index (κ2) is 7.67. The molecule has 0 unspecified atom stereocenters. The van der Waals surface area contributed by atoms with E-state index < -0.39 is 17.1 Å². The molecule has 2 atom stereocenters. The van der Waals surface area contributed by atoms with E-state index in [1.165, 1.54) is 0 Å². The third-order valence-electron chi connectivity index (χ3n) is 4.06. The molecule has 0 aliphatic carbocycles. The van der Waals surface area contributed by atoms with Crippen molar-refractivity contribution in [1.29, 1.82) is 5.26 Å². The van der Waals surface area contributed by atoms with Crippen LogP contribution in [0.15, 0.2) is 0 Å². The summed E-state index contributed by atoms with van der Waals surface area (Å²) in [7, 11) is 0. The van der Waals surface area contributed by atoms with Crippen LogP contribution in [0.1, 0.15) is 60.3 Å². The molecule has 1 rings (SSSR count). The lowest BCUT2D eigenvalue weighted by atomic mass is 9.81. The Morgan fingerprint density at radius 2 is 2.00 bits per heavy atom. The minimum atomic E-state index is -0.802. The number of rotatable bonds is 5. The molecule has 6 heteroatoms. The molecule has 0 bridgehead atoms. The fraction of sp³-hybridized carbons (Fsp3) is 0.824. The van der Waals surface area contributed by atoms with Crippen LogP contribution in [0.5, 0.6) is 0 Å². The van der Waals surface area contributed by atoms with Gasteiger partial charge >= 0.3 is 12.1 Å². The maximum atomic E-state index is 12.5. The molecule has 1 aliphatic heterocycles. The van der Waals surface area contributed by atoms with Crippen molar-refractivity contribution in [1.82, 2.24) is 4.90 Å². The number of amides is 1. The summed E-state index contributed by atoms with van der Waals surface area (Å²) in [5.41, 5.74) is -1.39. The van der Waals surface area contributed by atoms with Crippen molar-refractivity contribution in [2.75, 3.05) is 13.2 Å². The number of carbonyl (C=O) groups excluding carboxylic acids is 2. The summed E-state index contributed by atoms with van der Waals surface area (Å²) in [4.78, 5) is 26.6. The first-order chi connectivity index (χ1) is 10.7. The maximum Gasteiger partial charge on any atom is 0.410 e. The Morgan fingerprint density at radius 3 is 2.48 bits per heavy atom. The summed E-state index contributed by atoms with van der Waals surface area (Å²) in [5, 5.41) is 8.90. The second-order valence-electron chi connectivity index (χ2n) is 7.03. The number of hydrogen-bond acceptors (Lipinski definition) is 5. The number of nitrogens with zero attached hydrogens (tertiary/aromatic N) is 2. The number of nitriles is 1. The first-order valence-electron chi connectivity index (χ1n) is 8.23. The van der Waals surface area contributed by atoms with Crippen LogP contribution in [0.25, 0.3) is 0 Å². The van der Waals surface area contributed by atoms with E-state index in [1.54, 1.807) is 11.8 Å². The molecule has 0 aromatic rings. The predicted octanol–water partition coefficient (Wildman–Crippen LogP) is 3.26. The molecule has 0 radical (unpaired) electrons. The van der Waals surface area contributed by atoms with Gasteiger partial charge in [-0.1, -0.05) is 6.92 Å². The Morgan fingerprint density at radius 1 is 1.35 bits per heavy atom. The first kappa shape index (κ1) is 19.3. The van der Waals surface area contributed by atoms with Gasteiger partial charge in [-0.05, 0) is 47.0 Å². The molecule has 0 aromatic carbocycles. The fourth-order valence-electron chi connectivity index (χ4n) is 2.99. The molecule has 1 fully saturated rings. The van der Waals surface area contributed by atoms with Gasteiger partial charge in [-0.3, -0.25) is 4.79 Å². The van der Waals surface area contributed by atoms with Crippen molar-refractivity contribution in [3.63, 3.8) is 0 Å². The molecule has 0 aromatic heterocycles. The number of ether oxygens (including phenoxy) is 2. The van der Waals surface area contributed by atoms with E-state index in [-0.39, 0.29) is 31.6 Å². The highest BCUT2D eigenvalue weighted by molar-refractivity contribution is 5.80. The van der Waals surface area contributed by atoms with Gasteiger partial charge in [-0.2, -0.15) is 5.26 Å². The summed E-state index contributed by atoms with van der Waals surface area (Å²) in [6.07, 6.45) is 1.50. The van der Waals surface area contributed by atoms with Gasteiger partial charge in [0.15, 0.2) is 0 Å².